The summed E-state index contributed by atoms with van der Waals surface area (Å²) in [5.41, 5.74) is 3.82. The van der Waals surface area contributed by atoms with E-state index in [0.717, 1.165) is 6.42 Å². The van der Waals surface area contributed by atoms with Gasteiger partial charge in [0.05, 0.1) is 11.7 Å². The van der Waals surface area contributed by atoms with Crippen LogP contribution in [-0.2, 0) is 6.42 Å². The summed E-state index contributed by atoms with van der Waals surface area (Å²) >= 11 is 0. The first-order valence-electron chi connectivity index (χ1n) is 5.46. The summed E-state index contributed by atoms with van der Waals surface area (Å²) < 4.78 is 2.02. The van der Waals surface area contributed by atoms with Gasteiger partial charge in [-0.05, 0) is 35.6 Å². The fraction of sp³-hybridized carbons (Fsp3) is 0.385. The molecule has 0 unspecified atom stereocenters. The van der Waals surface area contributed by atoms with Crippen molar-refractivity contribution in [3.05, 3.63) is 35.7 Å². The first kappa shape index (κ1) is 10.1. The van der Waals surface area contributed by atoms with Crippen LogP contribution < -0.4 is 0 Å². The van der Waals surface area contributed by atoms with Crippen molar-refractivity contribution in [1.29, 1.82) is 0 Å². The molecule has 0 aliphatic heterocycles. The summed E-state index contributed by atoms with van der Waals surface area (Å²) in [5.74, 6) is 0.768. The molecular formula is C13H17NO. The minimum Gasteiger partial charge on any atom is -0.506 e. The predicted molar refractivity (Wildman–Crippen MR) is 62.5 cm³/mol. The van der Waals surface area contributed by atoms with Gasteiger partial charge in [0, 0.05) is 6.20 Å². The second-order valence-corrected chi connectivity index (χ2v) is 4.26. The second kappa shape index (κ2) is 3.61. The van der Waals surface area contributed by atoms with E-state index in [1.54, 1.807) is 6.20 Å². The van der Waals surface area contributed by atoms with Gasteiger partial charge in [-0.3, -0.25) is 0 Å². The van der Waals surface area contributed by atoms with Crippen LogP contribution >= 0.6 is 0 Å². The topological polar surface area (TPSA) is 24.6 Å². The maximum absolute atomic E-state index is 9.62. The van der Waals surface area contributed by atoms with E-state index >= 15 is 0 Å². The lowest BCUT2D eigenvalue weighted by molar-refractivity contribution is 0.470. The van der Waals surface area contributed by atoms with Crippen LogP contribution in [0.1, 0.15) is 37.8 Å². The van der Waals surface area contributed by atoms with E-state index in [0.29, 0.717) is 11.7 Å². The second-order valence-electron chi connectivity index (χ2n) is 4.26. The van der Waals surface area contributed by atoms with Gasteiger partial charge in [0.1, 0.15) is 5.75 Å². The van der Waals surface area contributed by atoms with Gasteiger partial charge in [-0.15, -0.1) is 0 Å². The number of nitrogens with zero attached hydrogens (tertiary/aromatic N) is 1. The number of pyridine rings is 1. The smallest absolute Gasteiger partial charge is 0.132 e. The SMILES string of the molecule is CCc1ccn2cc(O)cc(C(C)C)c12. The monoisotopic (exact) mass is 203 g/mol. The molecular weight excluding hydrogens is 186 g/mol. The van der Waals surface area contributed by atoms with E-state index in [1.807, 2.05) is 16.7 Å². The number of aryl methyl sites for hydroxylation is 1. The molecule has 0 saturated carbocycles. The molecule has 0 atom stereocenters. The van der Waals surface area contributed by atoms with Crippen molar-refractivity contribution >= 4 is 5.52 Å². The fourth-order valence-electron chi connectivity index (χ4n) is 2.06. The molecule has 0 bridgehead atoms. The van der Waals surface area contributed by atoms with E-state index in [9.17, 15) is 5.11 Å². The molecule has 15 heavy (non-hydrogen) atoms. The number of rotatable bonds is 2. The largest absolute Gasteiger partial charge is 0.506 e. The molecule has 0 aliphatic carbocycles. The van der Waals surface area contributed by atoms with Crippen molar-refractivity contribution in [3.63, 3.8) is 0 Å². The highest BCUT2D eigenvalue weighted by Gasteiger charge is 2.10. The Morgan fingerprint density at radius 3 is 2.73 bits per heavy atom. The van der Waals surface area contributed by atoms with E-state index in [1.165, 1.54) is 16.6 Å². The molecule has 0 amide bonds. The van der Waals surface area contributed by atoms with E-state index < -0.39 is 0 Å². The lowest BCUT2D eigenvalue weighted by atomic mass is 10.0. The third-order valence-corrected chi connectivity index (χ3v) is 2.85. The van der Waals surface area contributed by atoms with Crippen molar-refractivity contribution in [2.75, 3.05) is 0 Å². The van der Waals surface area contributed by atoms with Gasteiger partial charge < -0.3 is 9.51 Å². The molecule has 0 radical (unpaired) electrons. The molecule has 2 aromatic heterocycles. The summed E-state index contributed by atoms with van der Waals surface area (Å²) in [6, 6.07) is 4.00. The number of aromatic nitrogens is 1. The van der Waals surface area contributed by atoms with E-state index in [-0.39, 0.29) is 0 Å². The fourth-order valence-corrected chi connectivity index (χ4v) is 2.06. The Balaban J connectivity index is 2.79. The maximum Gasteiger partial charge on any atom is 0.132 e. The quantitative estimate of drug-likeness (QED) is 0.795. The third kappa shape index (κ3) is 1.60. The van der Waals surface area contributed by atoms with Gasteiger partial charge in [-0.1, -0.05) is 20.8 Å². The maximum atomic E-state index is 9.62. The van der Waals surface area contributed by atoms with Gasteiger partial charge in [0.2, 0.25) is 0 Å². The minimum absolute atomic E-state index is 0.337. The zero-order valence-electron chi connectivity index (χ0n) is 9.49. The van der Waals surface area contributed by atoms with Gasteiger partial charge >= 0.3 is 0 Å². The normalized spacial score (nSPS) is 11.5. The van der Waals surface area contributed by atoms with Crippen LogP contribution in [0.3, 0.4) is 0 Å². The molecule has 2 nitrogen and oxygen atoms in total. The van der Waals surface area contributed by atoms with Gasteiger partial charge in [0.25, 0.3) is 0 Å². The van der Waals surface area contributed by atoms with Crippen LogP contribution in [0.5, 0.6) is 5.75 Å². The predicted octanol–water partition coefficient (Wildman–Crippen LogP) is 3.33. The third-order valence-electron chi connectivity index (χ3n) is 2.85. The van der Waals surface area contributed by atoms with Crippen LogP contribution in [0.2, 0.25) is 0 Å². The van der Waals surface area contributed by atoms with Crippen molar-refractivity contribution in [1.82, 2.24) is 4.40 Å². The highest BCUT2D eigenvalue weighted by atomic mass is 16.3. The first-order valence-corrected chi connectivity index (χ1v) is 5.46. The average molecular weight is 203 g/mol. The highest BCUT2D eigenvalue weighted by molar-refractivity contribution is 5.64. The zero-order chi connectivity index (χ0) is 11.0. The molecule has 0 spiro atoms. The molecule has 0 aromatic carbocycles. The van der Waals surface area contributed by atoms with Crippen molar-refractivity contribution < 1.29 is 5.11 Å². The number of fused-ring (bicyclic) bond motifs is 1. The molecule has 80 valence electrons. The highest BCUT2D eigenvalue weighted by Crippen LogP contribution is 2.28. The Morgan fingerprint density at radius 2 is 2.13 bits per heavy atom. The standard InChI is InChI=1S/C13H17NO/c1-4-10-5-6-14-8-11(15)7-12(9(2)3)13(10)14/h5-9,15H,4H2,1-3H3. The molecule has 2 heterocycles. The number of hydrogen-bond donors (Lipinski definition) is 1. The minimum atomic E-state index is 0.337. The molecule has 1 N–H and O–H groups in total. The van der Waals surface area contributed by atoms with Crippen LogP contribution in [-0.4, -0.2) is 9.51 Å². The molecule has 0 fully saturated rings. The van der Waals surface area contributed by atoms with Gasteiger partial charge in [-0.2, -0.15) is 0 Å². The summed E-state index contributed by atoms with van der Waals surface area (Å²) in [6.07, 6.45) is 4.81. The Hall–Kier alpha value is -1.44. The van der Waals surface area contributed by atoms with Crippen LogP contribution in [0.4, 0.5) is 0 Å². The van der Waals surface area contributed by atoms with Crippen molar-refractivity contribution in [3.8, 4) is 5.75 Å². The van der Waals surface area contributed by atoms with Crippen molar-refractivity contribution in [2.24, 2.45) is 0 Å². The summed E-state index contributed by atoms with van der Waals surface area (Å²) in [6.45, 7) is 6.47. The van der Waals surface area contributed by atoms with Crippen LogP contribution in [0.25, 0.3) is 5.52 Å². The molecule has 0 saturated heterocycles. The first-order chi connectivity index (χ1) is 7.13. The molecule has 2 rings (SSSR count). The van der Waals surface area contributed by atoms with Crippen molar-refractivity contribution in [2.45, 2.75) is 33.1 Å². The molecule has 0 aliphatic rings. The Kier molecular flexibility index (Phi) is 2.43. The Morgan fingerprint density at radius 1 is 1.40 bits per heavy atom. The number of hydrogen-bond acceptors (Lipinski definition) is 1. The lowest BCUT2D eigenvalue weighted by Crippen LogP contribution is -1.95. The van der Waals surface area contributed by atoms with Gasteiger partial charge in [0.15, 0.2) is 0 Å². The molecule has 2 aromatic rings. The lowest BCUT2D eigenvalue weighted by Gasteiger charge is -2.11. The summed E-state index contributed by atoms with van der Waals surface area (Å²) in [7, 11) is 0. The zero-order valence-corrected chi connectivity index (χ0v) is 9.49. The summed E-state index contributed by atoms with van der Waals surface area (Å²) in [4.78, 5) is 0. The van der Waals surface area contributed by atoms with E-state index in [4.69, 9.17) is 0 Å². The van der Waals surface area contributed by atoms with E-state index in [2.05, 4.69) is 26.8 Å². The average Bonchev–Trinajstić information content (AvgIpc) is 2.58. The van der Waals surface area contributed by atoms with Crippen LogP contribution in [0.15, 0.2) is 24.5 Å². The Labute approximate surface area is 90.2 Å². The Bertz CT molecular complexity index is 482. The number of aromatic hydroxyl groups is 1. The summed E-state index contributed by atoms with van der Waals surface area (Å²) in [5, 5.41) is 9.62. The van der Waals surface area contributed by atoms with Gasteiger partial charge in [-0.25, -0.2) is 0 Å². The van der Waals surface area contributed by atoms with Crippen LogP contribution in [0, 0.1) is 0 Å². The molecule has 2 heteroatoms.